The lowest BCUT2D eigenvalue weighted by atomic mass is 9.76. The Labute approximate surface area is 105 Å². The summed E-state index contributed by atoms with van der Waals surface area (Å²) >= 11 is 0. The van der Waals surface area contributed by atoms with Crippen molar-refractivity contribution >= 4 is 0 Å². The number of nitrogens with zero attached hydrogens (tertiary/aromatic N) is 1. The third-order valence-electron chi connectivity index (χ3n) is 4.24. The molecule has 1 fully saturated rings. The number of nitrogens with one attached hydrogen (secondary N) is 1. The molecule has 1 heterocycles. The van der Waals surface area contributed by atoms with Crippen molar-refractivity contribution in [3.63, 3.8) is 0 Å². The molecule has 17 heavy (non-hydrogen) atoms. The molecule has 0 radical (unpaired) electrons. The van der Waals surface area contributed by atoms with Crippen LogP contribution in [-0.4, -0.2) is 11.5 Å². The summed E-state index contributed by atoms with van der Waals surface area (Å²) in [4.78, 5) is 4.31. The molecule has 1 atom stereocenters. The molecule has 1 aromatic rings. The molecule has 1 saturated carbocycles. The van der Waals surface area contributed by atoms with Gasteiger partial charge in [-0.1, -0.05) is 26.7 Å². The van der Waals surface area contributed by atoms with Crippen LogP contribution in [0, 0.1) is 12.3 Å². The molecule has 2 heteroatoms. The van der Waals surface area contributed by atoms with Gasteiger partial charge in [-0.15, -0.1) is 0 Å². The van der Waals surface area contributed by atoms with E-state index in [1.165, 1.54) is 36.8 Å². The summed E-state index contributed by atoms with van der Waals surface area (Å²) in [5, 5.41) is 3.68. The van der Waals surface area contributed by atoms with E-state index in [0.717, 1.165) is 6.54 Å². The van der Waals surface area contributed by atoms with Crippen LogP contribution in [-0.2, 0) is 0 Å². The lowest BCUT2D eigenvalue weighted by Crippen LogP contribution is -2.35. The van der Waals surface area contributed by atoms with Crippen molar-refractivity contribution in [2.24, 2.45) is 5.41 Å². The van der Waals surface area contributed by atoms with Crippen LogP contribution in [0.4, 0.5) is 0 Å². The zero-order chi connectivity index (χ0) is 12.3. The van der Waals surface area contributed by atoms with Crippen LogP contribution in [0.25, 0.3) is 0 Å². The second-order valence-electron chi connectivity index (χ2n) is 5.58. The van der Waals surface area contributed by atoms with Gasteiger partial charge in [0.1, 0.15) is 0 Å². The molecule has 2 nitrogen and oxygen atoms in total. The molecule has 1 aliphatic rings. The van der Waals surface area contributed by atoms with Gasteiger partial charge in [0, 0.05) is 18.4 Å². The van der Waals surface area contributed by atoms with E-state index in [2.05, 4.69) is 37.1 Å². The number of hydrogen-bond acceptors (Lipinski definition) is 2. The fraction of sp³-hybridized carbons (Fsp3) is 0.667. The summed E-state index contributed by atoms with van der Waals surface area (Å²) in [7, 11) is 0. The van der Waals surface area contributed by atoms with Crippen molar-refractivity contribution in [2.75, 3.05) is 6.54 Å². The number of aromatic nitrogens is 1. The van der Waals surface area contributed by atoms with Crippen LogP contribution in [0.2, 0.25) is 0 Å². The fourth-order valence-electron chi connectivity index (χ4n) is 3.19. The third-order valence-corrected chi connectivity index (χ3v) is 4.24. The molecule has 0 amide bonds. The second kappa shape index (κ2) is 5.18. The van der Waals surface area contributed by atoms with Gasteiger partial charge < -0.3 is 5.32 Å². The molecule has 0 spiro atoms. The van der Waals surface area contributed by atoms with Crippen LogP contribution in [0.5, 0.6) is 0 Å². The van der Waals surface area contributed by atoms with Crippen LogP contribution in [0.3, 0.4) is 0 Å². The normalized spacial score (nSPS) is 20.4. The molecule has 1 aliphatic carbocycles. The molecule has 0 aromatic carbocycles. The number of hydrogen-bond donors (Lipinski definition) is 1. The number of pyridine rings is 1. The summed E-state index contributed by atoms with van der Waals surface area (Å²) in [6.07, 6.45) is 9.35. The molecule has 0 saturated heterocycles. The van der Waals surface area contributed by atoms with E-state index in [9.17, 15) is 0 Å². The van der Waals surface area contributed by atoms with Crippen molar-refractivity contribution in [3.05, 3.63) is 29.6 Å². The summed E-state index contributed by atoms with van der Waals surface area (Å²) < 4.78 is 0. The van der Waals surface area contributed by atoms with Crippen molar-refractivity contribution in [2.45, 2.75) is 52.5 Å². The van der Waals surface area contributed by atoms with E-state index in [0.29, 0.717) is 11.5 Å². The third kappa shape index (κ3) is 2.52. The Hall–Kier alpha value is -0.890. The highest BCUT2D eigenvalue weighted by atomic mass is 14.9. The van der Waals surface area contributed by atoms with Gasteiger partial charge in [-0.05, 0) is 48.9 Å². The Morgan fingerprint density at radius 2 is 2.12 bits per heavy atom. The van der Waals surface area contributed by atoms with E-state index in [1.807, 2.05) is 12.4 Å². The molecule has 0 bridgehead atoms. The van der Waals surface area contributed by atoms with E-state index in [-0.39, 0.29) is 0 Å². The minimum Gasteiger partial charge on any atom is -0.310 e. The van der Waals surface area contributed by atoms with Crippen molar-refractivity contribution in [1.82, 2.24) is 10.3 Å². The molecule has 2 rings (SSSR count). The SMILES string of the molecule is CCNC(c1cnccc1C)C1(C)CCCC1. The maximum absolute atomic E-state index is 4.31. The minimum atomic E-state index is 0.407. The van der Waals surface area contributed by atoms with Gasteiger partial charge in [0.15, 0.2) is 0 Å². The quantitative estimate of drug-likeness (QED) is 0.857. The Balaban J connectivity index is 2.32. The van der Waals surface area contributed by atoms with E-state index < -0.39 is 0 Å². The predicted molar refractivity (Wildman–Crippen MR) is 72.0 cm³/mol. The summed E-state index contributed by atoms with van der Waals surface area (Å²) in [6.45, 7) is 7.84. The van der Waals surface area contributed by atoms with Gasteiger partial charge in [0.2, 0.25) is 0 Å². The van der Waals surface area contributed by atoms with E-state index in [4.69, 9.17) is 0 Å². The zero-order valence-corrected chi connectivity index (χ0v) is 11.3. The molecule has 94 valence electrons. The molecular weight excluding hydrogens is 208 g/mol. The first-order valence-electron chi connectivity index (χ1n) is 6.81. The van der Waals surface area contributed by atoms with Gasteiger partial charge in [-0.25, -0.2) is 0 Å². The molecule has 1 aromatic heterocycles. The largest absolute Gasteiger partial charge is 0.310 e. The highest BCUT2D eigenvalue weighted by Crippen LogP contribution is 2.47. The maximum atomic E-state index is 4.31. The Kier molecular flexibility index (Phi) is 3.82. The van der Waals surface area contributed by atoms with Crippen LogP contribution >= 0.6 is 0 Å². The van der Waals surface area contributed by atoms with Crippen molar-refractivity contribution < 1.29 is 0 Å². The van der Waals surface area contributed by atoms with E-state index >= 15 is 0 Å². The Morgan fingerprint density at radius 1 is 1.41 bits per heavy atom. The van der Waals surface area contributed by atoms with Gasteiger partial charge in [-0.3, -0.25) is 4.98 Å². The van der Waals surface area contributed by atoms with Crippen molar-refractivity contribution in [1.29, 1.82) is 0 Å². The fourth-order valence-corrected chi connectivity index (χ4v) is 3.19. The summed E-state index contributed by atoms with van der Waals surface area (Å²) in [5.74, 6) is 0. The lowest BCUT2D eigenvalue weighted by molar-refractivity contribution is 0.225. The Morgan fingerprint density at radius 3 is 2.71 bits per heavy atom. The van der Waals surface area contributed by atoms with Gasteiger partial charge in [0.25, 0.3) is 0 Å². The summed E-state index contributed by atoms with van der Waals surface area (Å²) in [5.41, 5.74) is 3.15. The summed E-state index contributed by atoms with van der Waals surface area (Å²) in [6, 6.07) is 2.58. The topological polar surface area (TPSA) is 24.9 Å². The molecule has 0 aliphatic heterocycles. The van der Waals surface area contributed by atoms with Crippen LogP contribution in [0.15, 0.2) is 18.5 Å². The maximum Gasteiger partial charge on any atom is 0.0392 e. The minimum absolute atomic E-state index is 0.407. The lowest BCUT2D eigenvalue weighted by Gasteiger charge is -2.35. The molecular formula is C15H24N2. The second-order valence-corrected chi connectivity index (χ2v) is 5.58. The van der Waals surface area contributed by atoms with E-state index in [1.54, 1.807) is 0 Å². The smallest absolute Gasteiger partial charge is 0.0392 e. The van der Waals surface area contributed by atoms with Gasteiger partial charge >= 0.3 is 0 Å². The highest BCUT2D eigenvalue weighted by Gasteiger charge is 2.37. The molecule has 1 unspecified atom stereocenters. The first-order valence-corrected chi connectivity index (χ1v) is 6.81. The van der Waals surface area contributed by atoms with Crippen molar-refractivity contribution in [3.8, 4) is 0 Å². The van der Waals surface area contributed by atoms with Crippen LogP contribution < -0.4 is 5.32 Å². The number of rotatable bonds is 4. The number of aryl methyl sites for hydroxylation is 1. The first-order chi connectivity index (χ1) is 8.17. The zero-order valence-electron chi connectivity index (χ0n) is 11.3. The first kappa shape index (κ1) is 12.6. The predicted octanol–water partition coefficient (Wildman–Crippen LogP) is 3.62. The highest BCUT2D eigenvalue weighted by molar-refractivity contribution is 5.27. The average molecular weight is 232 g/mol. The average Bonchev–Trinajstić information content (AvgIpc) is 2.75. The molecule has 1 N–H and O–H groups in total. The van der Waals surface area contributed by atoms with Crippen LogP contribution in [0.1, 0.15) is 56.7 Å². The van der Waals surface area contributed by atoms with Gasteiger partial charge in [0.05, 0.1) is 0 Å². The Bertz CT molecular complexity index is 367. The standard InChI is InChI=1S/C15H24N2/c1-4-17-14(15(3)8-5-6-9-15)13-11-16-10-7-12(13)2/h7,10-11,14,17H,4-6,8-9H2,1-3H3. The van der Waals surface area contributed by atoms with Gasteiger partial charge in [-0.2, -0.15) is 0 Å². The monoisotopic (exact) mass is 232 g/mol.